The van der Waals surface area contributed by atoms with Crippen molar-refractivity contribution in [3.8, 4) is 0 Å². The average molecular weight is 258 g/mol. The summed E-state index contributed by atoms with van der Waals surface area (Å²) in [5, 5.41) is 13.9. The molecule has 2 rings (SSSR count). The number of aromatic nitrogens is 1. The van der Waals surface area contributed by atoms with E-state index >= 15 is 0 Å². The Labute approximate surface area is 114 Å². The molecule has 1 unspecified atom stereocenters. The van der Waals surface area contributed by atoms with Crippen LogP contribution in [0.25, 0.3) is 10.9 Å². The predicted molar refractivity (Wildman–Crippen MR) is 79.0 cm³/mol. The summed E-state index contributed by atoms with van der Waals surface area (Å²) < 4.78 is 0. The highest BCUT2D eigenvalue weighted by molar-refractivity contribution is 5.81. The molecule has 0 fully saturated rings. The third-order valence-corrected chi connectivity index (χ3v) is 3.87. The minimum Gasteiger partial charge on any atom is -0.396 e. The number of aliphatic hydroxyl groups excluding tert-OH is 1. The first-order chi connectivity index (χ1) is 9.18. The Balaban J connectivity index is 2.17. The SMILES string of the molecule is CCC(C)(CCO)NCc1cccc2cccnc12. The van der Waals surface area contributed by atoms with Crippen molar-refractivity contribution in [3.05, 3.63) is 42.1 Å². The average Bonchev–Trinajstić information content (AvgIpc) is 2.45. The third kappa shape index (κ3) is 3.31. The van der Waals surface area contributed by atoms with Gasteiger partial charge in [0.1, 0.15) is 0 Å². The van der Waals surface area contributed by atoms with Gasteiger partial charge in [-0.3, -0.25) is 4.98 Å². The summed E-state index contributed by atoms with van der Waals surface area (Å²) >= 11 is 0. The van der Waals surface area contributed by atoms with Crippen LogP contribution < -0.4 is 5.32 Å². The normalized spacial score (nSPS) is 14.5. The highest BCUT2D eigenvalue weighted by Gasteiger charge is 2.20. The van der Waals surface area contributed by atoms with Crippen molar-refractivity contribution in [1.29, 1.82) is 0 Å². The fourth-order valence-electron chi connectivity index (χ4n) is 2.26. The van der Waals surface area contributed by atoms with Gasteiger partial charge in [0.2, 0.25) is 0 Å². The Kier molecular flexibility index (Phi) is 4.51. The van der Waals surface area contributed by atoms with Gasteiger partial charge in [0.25, 0.3) is 0 Å². The van der Waals surface area contributed by atoms with Gasteiger partial charge in [-0.05, 0) is 31.4 Å². The molecule has 0 aliphatic heterocycles. The van der Waals surface area contributed by atoms with E-state index in [0.29, 0.717) is 0 Å². The number of pyridine rings is 1. The van der Waals surface area contributed by atoms with E-state index in [0.717, 1.165) is 24.9 Å². The highest BCUT2D eigenvalue weighted by atomic mass is 16.3. The molecule has 0 amide bonds. The summed E-state index contributed by atoms with van der Waals surface area (Å²) in [6.07, 6.45) is 3.59. The van der Waals surface area contributed by atoms with Crippen molar-refractivity contribution in [2.75, 3.05) is 6.61 Å². The molecule has 0 saturated carbocycles. The molecular weight excluding hydrogens is 236 g/mol. The summed E-state index contributed by atoms with van der Waals surface area (Å²) in [6, 6.07) is 10.3. The first-order valence-electron chi connectivity index (χ1n) is 6.87. The largest absolute Gasteiger partial charge is 0.396 e. The lowest BCUT2D eigenvalue weighted by molar-refractivity contribution is 0.214. The van der Waals surface area contributed by atoms with Crippen molar-refractivity contribution in [2.45, 2.75) is 38.8 Å². The standard InChI is InChI=1S/C16H22N2O/c1-3-16(2,9-11-19)18-12-14-7-4-6-13-8-5-10-17-15(13)14/h4-8,10,18-19H,3,9,11-12H2,1-2H3. The van der Waals surface area contributed by atoms with Gasteiger partial charge in [0, 0.05) is 30.3 Å². The number of hydrogen-bond acceptors (Lipinski definition) is 3. The van der Waals surface area contributed by atoms with Crippen molar-refractivity contribution in [2.24, 2.45) is 0 Å². The first-order valence-corrected chi connectivity index (χ1v) is 6.87. The van der Waals surface area contributed by atoms with Gasteiger partial charge in [-0.15, -0.1) is 0 Å². The van der Waals surface area contributed by atoms with Gasteiger partial charge >= 0.3 is 0 Å². The Bertz CT molecular complexity index is 536. The molecule has 0 radical (unpaired) electrons. The fourth-order valence-corrected chi connectivity index (χ4v) is 2.26. The van der Waals surface area contributed by atoms with Crippen LogP contribution in [0.3, 0.4) is 0 Å². The number of hydrogen-bond donors (Lipinski definition) is 2. The van der Waals surface area contributed by atoms with Crippen LogP contribution in [-0.4, -0.2) is 22.2 Å². The van der Waals surface area contributed by atoms with Crippen LogP contribution in [0.15, 0.2) is 36.5 Å². The maximum absolute atomic E-state index is 9.15. The molecule has 1 atom stereocenters. The Morgan fingerprint density at radius 3 is 2.79 bits per heavy atom. The highest BCUT2D eigenvalue weighted by Crippen LogP contribution is 2.19. The van der Waals surface area contributed by atoms with E-state index in [1.54, 1.807) is 0 Å². The summed E-state index contributed by atoms with van der Waals surface area (Å²) in [4.78, 5) is 4.46. The lowest BCUT2D eigenvalue weighted by Gasteiger charge is -2.29. The molecule has 3 nitrogen and oxygen atoms in total. The van der Waals surface area contributed by atoms with E-state index in [1.165, 1.54) is 10.9 Å². The summed E-state index contributed by atoms with van der Waals surface area (Å²) in [5.41, 5.74) is 2.24. The number of fused-ring (bicyclic) bond motifs is 1. The van der Waals surface area contributed by atoms with Crippen LogP contribution in [-0.2, 0) is 6.54 Å². The van der Waals surface area contributed by atoms with Crippen molar-refractivity contribution in [3.63, 3.8) is 0 Å². The zero-order valence-electron chi connectivity index (χ0n) is 11.7. The Morgan fingerprint density at radius 2 is 2.05 bits per heavy atom. The van der Waals surface area contributed by atoms with E-state index in [4.69, 9.17) is 5.11 Å². The number of nitrogens with one attached hydrogen (secondary N) is 1. The van der Waals surface area contributed by atoms with Crippen LogP contribution in [0.4, 0.5) is 0 Å². The van der Waals surface area contributed by atoms with Crippen molar-refractivity contribution >= 4 is 10.9 Å². The molecular formula is C16H22N2O. The number of nitrogens with zero attached hydrogens (tertiary/aromatic N) is 1. The number of para-hydroxylation sites is 1. The van der Waals surface area contributed by atoms with E-state index < -0.39 is 0 Å². The Morgan fingerprint density at radius 1 is 1.26 bits per heavy atom. The second kappa shape index (κ2) is 6.13. The maximum atomic E-state index is 9.15. The minimum atomic E-state index is -0.0221. The zero-order valence-corrected chi connectivity index (χ0v) is 11.7. The quantitative estimate of drug-likeness (QED) is 0.837. The molecule has 3 heteroatoms. The van der Waals surface area contributed by atoms with E-state index in [9.17, 15) is 0 Å². The second-order valence-corrected chi connectivity index (χ2v) is 5.23. The molecule has 0 aliphatic rings. The van der Waals surface area contributed by atoms with Crippen LogP contribution >= 0.6 is 0 Å². The van der Waals surface area contributed by atoms with E-state index in [-0.39, 0.29) is 12.1 Å². The van der Waals surface area contributed by atoms with Gasteiger partial charge in [0.15, 0.2) is 0 Å². The monoisotopic (exact) mass is 258 g/mol. The van der Waals surface area contributed by atoms with Gasteiger partial charge in [-0.2, -0.15) is 0 Å². The lowest BCUT2D eigenvalue weighted by atomic mass is 9.94. The van der Waals surface area contributed by atoms with Crippen LogP contribution in [0.2, 0.25) is 0 Å². The molecule has 2 aromatic rings. The molecule has 2 N–H and O–H groups in total. The first kappa shape index (κ1) is 14.0. The van der Waals surface area contributed by atoms with E-state index in [1.807, 2.05) is 12.3 Å². The predicted octanol–water partition coefficient (Wildman–Crippen LogP) is 2.88. The Hall–Kier alpha value is -1.45. The summed E-state index contributed by atoms with van der Waals surface area (Å²) in [5.74, 6) is 0. The van der Waals surface area contributed by atoms with Gasteiger partial charge in [-0.1, -0.05) is 31.2 Å². The van der Waals surface area contributed by atoms with Gasteiger partial charge in [0.05, 0.1) is 5.52 Å². The number of rotatable bonds is 6. The van der Waals surface area contributed by atoms with E-state index in [2.05, 4.69) is 48.4 Å². The van der Waals surface area contributed by atoms with Gasteiger partial charge < -0.3 is 10.4 Å². The second-order valence-electron chi connectivity index (χ2n) is 5.23. The molecule has 19 heavy (non-hydrogen) atoms. The molecule has 1 aromatic heterocycles. The fraction of sp³-hybridized carbons (Fsp3) is 0.438. The third-order valence-electron chi connectivity index (χ3n) is 3.87. The van der Waals surface area contributed by atoms with Crippen LogP contribution in [0, 0.1) is 0 Å². The number of aliphatic hydroxyl groups is 1. The number of benzene rings is 1. The summed E-state index contributed by atoms with van der Waals surface area (Å²) in [7, 11) is 0. The molecule has 0 spiro atoms. The van der Waals surface area contributed by atoms with Crippen molar-refractivity contribution < 1.29 is 5.11 Å². The minimum absolute atomic E-state index is 0.0221. The van der Waals surface area contributed by atoms with Crippen molar-refractivity contribution in [1.82, 2.24) is 10.3 Å². The van der Waals surface area contributed by atoms with Gasteiger partial charge in [-0.25, -0.2) is 0 Å². The lowest BCUT2D eigenvalue weighted by Crippen LogP contribution is -2.42. The topological polar surface area (TPSA) is 45.1 Å². The van der Waals surface area contributed by atoms with Crippen LogP contribution in [0.5, 0.6) is 0 Å². The molecule has 0 saturated heterocycles. The molecule has 1 aromatic carbocycles. The van der Waals surface area contributed by atoms with Crippen LogP contribution in [0.1, 0.15) is 32.3 Å². The molecule has 0 aliphatic carbocycles. The molecule has 0 bridgehead atoms. The maximum Gasteiger partial charge on any atom is 0.0746 e. The zero-order chi connectivity index (χ0) is 13.7. The molecule has 1 heterocycles. The molecule has 102 valence electrons. The smallest absolute Gasteiger partial charge is 0.0746 e. The summed E-state index contributed by atoms with van der Waals surface area (Å²) in [6.45, 7) is 5.29.